The van der Waals surface area contributed by atoms with E-state index in [0.29, 0.717) is 24.2 Å². The van der Waals surface area contributed by atoms with Crippen LogP contribution in [-0.4, -0.2) is 52.6 Å². The summed E-state index contributed by atoms with van der Waals surface area (Å²) in [5, 5.41) is 25.9. The molecule has 0 bridgehead atoms. The minimum absolute atomic E-state index is 0.0323. The number of fused-ring (bicyclic) bond motifs is 1. The van der Waals surface area contributed by atoms with Gasteiger partial charge in [-0.3, -0.25) is 0 Å². The number of H-pyrrole nitrogens is 1. The van der Waals surface area contributed by atoms with Crippen LogP contribution in [-0.2, 0) is 9.59 Å². The molecule has 2 aromatic carbocycles. The molecular formula is C34H46N5O4-. The molecule has 0 aliphatic heterocycles. The summed E-state index contributed by atoms with van der Waals surface area (Å²) < 4.78 is 0. The zero-order valence-electron chi connectivity index (χ0n) is 24.9. The number of hydrogen-bond acceptors (Lipinski definition) is 4. The van der Waals surface area contributed by atoms with Crippen LogP contribution in [0.15, 0.2) is 77.4 Å². The molecule has 0 amide bonds. The van der Waals surface area contributed by atoms with Crippen molar-refractivity contribution in [2.45, 2.75) is 76.2 Å². The number of aldehydes is 1. The second kappa shape index (κ2) is 18.4. The Hall–Kier alpha value is -4.11. The van der Waals surface area contributed by atoms with E-state index in [1.165, 1.54) is 22.4 Å². The Labute approximate surface area is 254 Å². The van der Waals surface area contributed by atoms with Gasteiger partial charge in [0.15, 0.2) is 5.96 Å². The van der Waals surface area contributed by atoms with E-state index in [1.54, 1.807) is 6.20 Å². The molecule has 0 aliphatic rings. The van der Waals surface area contributed by atoms with Gasteiger partial charge in [-0.15, -0.1) is 0 Å². The van der Waals surface area contributed by atoms with E-state index in [4.69, 9.17) is 21.9 Å². The molecule has 1 heterocycles. The summed E-state index contributed by atoms with van der Waals surface area (Å²) in [6.07, 6.45) is 12.9. The predicted molar refractivity (Wildman–Crippen MR) is 173 cm³/mol. The lowest BCUT2D eigenvalue weighted by Crippen LogP contribution is -2.24. The number of aromatic amines is 1. The van der Waals surface area contributed by atoms with Crippen LogP contribution >= 0.6 is 0 Å². The quantitative estimate of drug-likeness (QED) is 0.0321. The smallest absolute Gasteiger partial charge is 0.328 e. The molecule has 0 spiro atoms. The first-order valence-electron chi connectivity index (χ1n) is 15.3. The fourth-order valence-electron chi connectivity index (χ4n) is 5.57. The van der Waals surface area contributed by atoms with E-state index in [1.807, 2.05) is 24.3 Å². The predicted octanol–water partition coefficient (Wildman–Crippen LogP) is 6.32. The maximum atomic E-state index is 11.7. The number of rotatable bonds is 21. The van der Waals surface area contributed by atoms with Crippen LogP contribution in [0.2, 0.25) is 0 Å². The summed E-state index contributed by atoms with van der Waals surface area (Å²) >= 11 is 0. The molecule has 232 valence electrons. The van der Waals surface area contributed by atoms with Gasteiger partial charge in [0, 0.05) is 18.6 Å². The molecule has 3 aromatic rings. The van der Waals surface area contributed by atoms with Crippen molar-refractivity contribution < 1.29 is 19.8 Å². The van der Waals surface area contributed by atoms with Crippen molar-refractivity contribution in [1.29, 1.82) is 0 Å². The fourth-order valence-corrected chi connectivity index (χ4v) is 5.57. The van der Waals surface area contributed by atoms with Gasteiger partial charge in [-0.25, -0.2) is 9.79 Å². The number of carboxylic acid groups (broad SMARTS) is 1. The van der Waals surface area contributed by atoms with E-state index in [-0.39, 0.29) is 30.9 Å². The highest BCUT2D eigenvalue weighted by Gasteiger charge is 2.18. The highest BCUT2D eigenvalue weighted by molar-refractivity contribution is 5.83. The molecule has 0 aliphatic carbocycles. The number of benzene rings is 2. The van der Waals surface area contributed by atoms with Crippen LogP contribution in [0.3, 0.4) is 0 Å². The van der Waals surface area contributed by atoms with Crippen LogP contribution in [0, 0.1) is 5.92 Å². The third-order valence-corrected chi connectivity index (χ3v) is 7.89. The van der Waals surface area contributed by atoms with Gasteiger partial charge in [0.1, 0.15) is 6.29 Å². The van der Waals surface area contributed by atoms with E-state index >= 15 is 0 Å². The standard InChI is InChI=1S/C34H46N5O4/c35-34(36)38-23-30(22-33(42)43)31(39-32-14-7-19-37-32)18-17-27(29-16-15-26-12-5-6-13-28(26)21-29)11-4-2-1-3-9-25(24-41)10-8-20-40/h5-7,12-16,19,21-22,24-25,27,31,37,40H,1-4,8-11,17-18,20,23H2,(H,42,43)(H4,35,36,38)/q-1/b30-22+/t25-,27-,31-/m0/s1. The van der Waals surface area contributed by atoms with Crippen molar-refractivity contribution in [3.8, 4) is 0 Å². The summed E-state index contributed by atoms with van der Waals surface area (Å²) in [5.74, 6) is -0.207. The number of carbonyl (C=O) groups excluding carboxylic acids is 1. The number of nitrogens with one attached hydrogen (secondary N) is 1. The van der Waals surface area contributed by atoms with Crippen LogP contribution in [0.1, 0.15) is 75.7 Å². The Morgan fingerprint density at radius 3 is 2.33 bits per heavy atom. The molecule has 3 rings (SSSR count). The summed E-state index contributed by atoms with van der Waals surface area (Å²) in [5.41, 5.74) is 13.0. The third-order valence-electron chi connectivity index (χ3n) is 7.89. The first-order chi connectivity index (χ1) is 20.9. The average Bonchev–Trinajstić information content (AvgIpc) is 3.52. The lowest BCUT2D eigenvalue weighted by Gasteiger charge is -2.29. The number of guanidine groups is 1. The Bertz CT molecular complexity index is 1320. The van der Waals surface area contributed by atoms with Gasteiger partial charge in [0.25, 0.3) is 0 Å². The molecule has 9 heteroatoms. The molecule has 0 radical (unpaired) electrons. The molecular weight excluding hydrogens is 542 g/mol. The topological polar surface area (TPSA) is 169 Å². The first kappa shape index (κ1) is 33.4. The van der Waals surface area contributed by atoms with E-state index in [0.717, 1.165) is 57.7 Å². The van der Waals surface area contributed by atoms with E-state index < -0.39 is 12.0 Å². The van der Waals surface area contributed by atoms with Gasteiger partial charge in [-0.2, -0.15) is 0 Å². The van der Waals surface area contributed by atoms with Crippen molar-refractivity contribution in [3.63, 3.8) is 0 Å². The highest BCUT2D eigenvalue weighted by atomic mass is 16.4. The summed E-state index contributed by atoms with van der Waals surface area (Å²) in [6, 6.07) is 18.2. The molecule has 0 saturated carbocycles. The van der Waals surface area contributed by atoms with Crippen molar-refractivity contribution in [3.05, 3.63) is 83.3 Å². The molecule has 0 unspecified atom stereocenters. The monoisotopic (exact) mass is 588 g/mol. The summed E-state index contributed by atoms with van der Waals surface area (Å²) in [7, 11) is 0. The number of aliphatic hydroxyl groups excluding tert-OH is 1. The molecule has 1 aromatic heterocycles. The van der Waals surface area contributed by atoms with E-state index in [2.05, 4.69) is 40.3 Å². The molecule has 7 N–H and O–H groups in total. The minimum Gasteiger partial charge on any atom is -0.478 e. The number of nitrogens with zero attached hydrogens (tertiary/aromatic N) is 2. The Kier molecular flexibility index (Phi) is 14.3. The maximum absolute atomic E-state index is 11.7. The fraction of sp³-hybridized carbons (Fsp3) is 0.441. The van der Waals surface area contributed by atoms with Crippen molar-refractivity contribution in [2.75, 3.05) is 13.2 Å². The van der Waals surface area contributed by atoms with Gasteiger partial charge in [0.2, 0.25) is 0 Å². The molecule has 3 atom stereocenters. The number of carbonyl (C=O) groups is 2. The first-order valence-corrected chi connectivity index (χ1v) is 15.3. The summed E-state index contributed by atoms with van der Waals surface area (Å²) in [6.45, 7) is 0.186. The van der Waals surface area contributed by atoms with Crippen LogP contribution < -0.4 is 11.5 Å². The molecule has 9 nitrogen and oxygen atoms in total. The molecule has 43 heavy (non-hydrogen) atoms. The number of aromatic nitrogens is 1. The number of carboxylic acids is 1. The van der Waals surface area contributed by atoms with E-state index in [9.17, 15) is 14.7 Å². The number of aliphatic hydroxyl groups is 1. The number of aliphatic carboxylic acids is 1. The van der Waals surface area contributed by atoms with Crippen molar-refractivity contribution in [2.24, 2.45) is 22.4 Å². The lowest BCUT2D eigenvalue weighted by molar-refractivity contribution is -0.131. The van der Waals surface area contributed by atoms with Gasteiger partial charge in [-0.1, -0.05) is 92.3 Å². The zero-order chi connectivity index (χ0) is 30.9. The lowest BCUT2D eigenvalue weighted by atomic mass is 9.85. The van der Waals surface area contributed by atoms with Crippen molar-refractivity contribution >= 4 is 34.8 Å². The third kappa shape index (κ3) is 12.0. The Balaban J connectivity index is 1.74. The number of aliphatic imine (C=N–C) groups is 1. The Morgan fingerprint density at radius 2 is 1.65 bits per heavy atom. The second-order valence-electron chi connectivity index (χ2n) is 11.1. The molecule has 0 fully saturated rings. The maximum Gasteiger partial charge on any atom is 0.328 e. The zero-order valence-corrected chi connectivity index (χ0v) is 24.9. The minimum atomic E-state index is -1.06. The number of unbranched alkanes of at least 4 members (excludes halogenated alkanes) is 3. The van der Waals surface area contributed by atoms with Crippen LogP contribution in [0.4, 0.5) is 5.82 Å². The van der Waals surface area contributed by atoms with Crippen LogP contribution in [0.25, 0.3) is 16.1 Å². The summed E-state index contributed by atoms with van der Waals surface area (Å²) in [4.78, 5) is 30.2. The van der Waals surface area contributed by atoms with Crippen molar-refractivity contribution in [1.82, 2.24) is 4.98 Å². The SMILES string of the molecule is NC(N)=NC/C(=C\C(=O)O)[C@H](CC[C@H](CCCCCC[C@H](C=O)CCCO)c1ccc2ccccc2c1)[N-]c1ccc[nH]1. The second-order valence-corrected chi connectivity index (χ2v) is 11.1. The number of hydrogen-bond donors (Lipinski definition) is 5. The van der Waals surface area contributed by atoms with Crippen LogP contribution in [0.5, 0.6) is 0 Å². The van der Waals surface area contributed by atoms with Gasteiger partial charge >= 0.3 is 5.97 Å². The highest BCUT2D eigenvalue weighted by Crippen LogP contribution is 2.34. The normalized spacial score (nSPS) is 13.7. The van der Waals surface area contributed by atoms with Gasteiger partial charge in [-0.05, 0) is 72.4 Å². The van der Waals surface area contributed by atoms with Gasteiger partial charge < -0.3 is 36.8 Å². The van der Waals surface area contributed by atoms with Gasteiger partial charge in [0.05, 0.1) is 6.54 Å². The Morgan fingerprint density at radius 1 is 0.907 bits per heavy atom. The largest absolute Gasteiger partial charge is 0.478 e. The molecule has 0 saturated heterocycles. The average molecular weight is 589 g/mol. The number of nitrogens with two attached hydrogens (primary N) is 2.